The van der Waals surface area contributed by atoms with E-state index in [9.17, 15) is 4.79 Å². The number of hydrogen-bond acceptors (Lipinski definition) is 2. The maximum absolute atomic E-state index is 11.8. The van der Waals surface area contributed by atoms with Gasteiger partial charge in [0, 0.05) is 22.6 Å². The monoisotopic (exact) mass is 321 g/mol. The quantitative estimate of drug-likeness (QED) is 0.838. The Kier molecular flexibility index (Phi) is 4.74. The van der Waals surface area contributed by atoms with E-state index in [0.717, 1.165) is 28.2 Å². The minimum Gasteiger partial charge on any atom is -0.338 e. The number of rotatable bonds is 4. The minimum absolute atomic E-state index is 0.192. The van der Waals surface area contributed by atoms with Gasteiger partial charge in [-0.1, -0.05) is 35.3 Å². The van der Waals surface area contributed by atoms with Crippen molar-refractivity contribution < 1.29 is 4.79 Å². The number of nitrogens with one attached hydrogen (secondary N) is 2. The fourth-order valence-electron chi connectivity index (χ4n) is 1.78. The molecule has 0 fully saturated rings. The van der Waals surface area contributed by atoms with Gasteiger partial charge >= 0.3 is 6.03 Å². The lowest BCUT2D eigenvalue weighted by atomic mass is 10.2. The fraction of sp³-hybridized carbons (Fsp3) is 0.286. The molecule has 1 aromatic carbocycles. The van der Waals surface area contributed by atoms with Crippen LogP contribution in [0.3, 0.4) is 0 Å². The third-order valence-corrected chi connectivity index (χ3v) is 3.47. The highest BCUT2D eigenvalue weighted by molar-refractivity contribution is 9.10. The highest BCUT2D eigenvalue weighted by Gasteiger charge is 2.07. The molecule has 100 valence electrons. The van der Waals surface area contributed by atoms with E-state index in [-0.39, 0.29) is 6.03 Å². The van der Waals surface area contributed by atoms with Crippen molar-refractivity contribution in [2.75, 3.05) is 11.9 Å². The molecule has 0 unspecified atom stereocenters. The van der Waals surface area contributed by atoms with E-state index in [2.05, 4.69) is 38.5 Å². The number of benzene rings is 1. The number of hydrogen-bond donors (Lipinski definition) is 2. The standard InChI is InChI=1S/C14H16BrN3O/c1-2-3-8-17-14(19)18-12-7-6-11(15)10-5-4-9-16-13(10)12/h4-7,9H,2-3,8H2,1H3,(H2,17,18,19). The van der Waals surface area contributed by atoms with Crippen molar-refractivity contribution in [1.82, 2.24) is 10.3 Å². The Morgan fingerprint density at radius 1 is 1.37 bits per heavy atom. The average molecular weight is 322 g/mol. The highest BCUT2D eigenvalue weighted by Crippen LogP contribution is 2.28. The van der Waals surface area contributed by atoms with E-state index in [1.165, 1.54) is 0 Å². The van der Waals surface area contributed by atoms with Crippen LogP contribution < -0.4 is 10.6 Å². The van der Waals surface area contributed by atoms with Crippen molar-refractivity contribution in [1.29, 1.82) is 0 Å². The van der Waals surface area contributed by atoms with Crippen molar-refractivity contribution in [2.45, 2.75) is 19.8 Å². The molecule has 0 aliphatic carbocycles. The van der Waals surface area contributed by atoms with Crippen LogP contribution in [0.4, 0.5) is 10.5 Å². The molecule has 5 heteroatoms. The number of anilines is 1. The largest absolute Gasteiger partial charge is 0.338 e. The second kappa shape index (κ2) is 6.52. The first-order valence-corrected chi connectivity index (χ1v) is 7.09. The molecule has 2 amide bonds. The Balaban J connectivity index is 2.17. The molecule has 0 atom stereocenters. The number of unbranched alkanes of at least 4 members (excludes halogenated alkanes) is 1. The number of amides is 2. The summed E-state index contributed by atoms with van der Waals surface area (Å²) in [5, 5.41) is 6.64. The fourth-order valence-corrected chi connectivity index (χ4v) is 2.24. The zero-order valence-electron chi connectivity index (χ0n) is 10.7. The van der Waals surface area contributed by atoms with E-state index < -0.39 is 0 Å². The van der Waals surface area contributed by atoms with Crippen LogP contribution >= 0.6 is 15.9 Å². The summed E-state index contributed by atoms with van der Waals surface area (Å²) in [6.45, 7) is 2.77. The Bertz CT molecular complexity index is 586. The van der Waals surface area contributed by atoms with Gasteiger partial charge in [-0.15, -0.1) is 0 Å². The summed E-state index contributed by atoms with van der Waals surface area (Å²) in [7, 11) is 0. The summed E-state index contributed by atoms with van der Waals surface area (Å²) >= 11 is 3.48. The second-order valence-electron chi connectivity index (χ2n) is 4.23. The Morgan fingerprint density at radius 2 is 2.21 bits per heavy atom. The Hall–Kier alpha value is -1.62. The van der Waals surface area contributed by atoms with Crippen molar-refractivity contribution in [3.8, 4) is 0 Å². The molecule has 2 N–H and O–H groups in total. The topological polar surface area (TPSA) is 54.0 Å². The molecule has 0 aliphatic rings. The van der Waals surface area contributed by atoms with Crippen molar-refractivity contribution in [2.24, 2.45) is 0 Å². The zero-order valence-corrected chi connectivity index (χ0v) is 12.3. The van der Waals surface area contributed by atoms with Crippen LogP contribution in [-0.2, 0) is 0 Å². The van der Waals surface area contributed by atoms with Gasteiger partial charge in [0.25, 0.3) is 0 Å². The molecule has 19 heavy (non-hydrogen) atoms. The summed E-state index contributed by atoms with van der Waals surface area (Å²) in [4.78, 5) is 16.1. The lowest BCUT2D eigenvalue weighted by molar-refractivity contribution is 0.252. The van der Waals surface area contributed by atoms with E-state index in [1.807, 2.05) is 24.3 Å². The highest BCUT2D eigenvalue weighted by atomic mass is 79.9. The van der Waals surface area contributed by atoms with E-state index in [0.29, 0.717) is 12.2 Å². The van der Waals surface area contributed by atoms with Gasteiger partial charge in [-0.05, 0) is 24.6 Å². The van der Waals surface area contributed by atoms with Crippen LogP contribution in [-0.4, -0.2) is 17.6 Å². The third-order valence-electron chi connectivity index (χ3n) is 2.78. The summed E-state index contributed by atoms with van der Waals surface area (Å²) < 4.78 is 0.965. The molecule has 2 aromatic rings. The number of halogens is 1. The molecule has 2 rings (SSSR count). The first-order chi connectivity index (χ1) is 9.22. The first-order valence-electron chi connectivity index (χ1n) is 6.30. The van der Waals surface area contributed by atoms with E-state index in [4.69, 9.17) is 0 Å². The lowest BCUT2D eigenvalue weighted by Crippen LogP contribution is -2.29. The molecule has 4 nitrogen and oxygen atoms in total. The molecule has 0 saturated heterocycles. The summed E-state index contributed by atoms with van der Waals surface area (Å²) in [6, 6.07) is 7.40. The van der Waals surface area contributed by atoms with Gasteiger partial charge in [0.15, 0.2) is 0 Å². The number of fused-ring (bicyclic) bond motifs is 1. The number of urea groups is 1. The number of nitrogens with zero attached hydrogens (tertiary/aromatic N) is 1. The maximum atomic E-state index is 11.8. The van der Waals surface area contributed by atoms with Gasteiger partial charge < -0.3 is 10.6 Å². The molecular formula is C14H16BrN3O. The van der Waals surface area contributed by atoms with Crippen LogP contribution in [0.2, 0.25) is 0 Å². The van der Waals surface area contributed by atoms with Crippen LogP contribution in [0, 0.1) is 0 Å². The van der Waals surface area contributed by atoms with Gasteiger partial charge in [0.05, 0.1) is 11.2 Å². The normalized spacial score (nSPS) is 10.4. The van der Waals surface area contributed by atoms with Gasteiger partial charge in [-0.2, -0.15) is 0 Å². The van der Waals surface area contributed by atoms with Crippen molar-refractivity contribution in [3.63, 3.8) is 0 Å². The molecule has 0 aliphatic heterocycles. The van der Waals surface area contributed by atoms with E-state index in [1.54, 1.807) is 6.20 Å². The number of aromatic nitrogens is 1. The van der Waals surface area contributed by atoms with Crippen LogP contribution in [0.15, 0.2) is 34.9 Å². The summed E-state index contributed by atoms with van der Waals surface area (Å²) in [5.41, 5.74) is 1.50. The Morgan fingerprint density at radius 3 is 3.00 bits per heavy atom. The zero-order chi connectivity index (χ0) is 13.7. The smallest absolute Gasteiger partial charge is 0.319 e. The molecule has 0 bridgehead atoms. The second-order valence-corrected chi connectivity index (χ2v) is 5.08. The van der Waals surface area contributed by atoms with Crippen molar-refractivity contribution >= 4 is 38.6 Å². The van der Waals surface area contributed by atoms with E-state index >= 15 is 0 Å². The predicted octanol–water partition coefficient (Wildman–Crippen LogP) is 3.92. The molecule has 0 spiro atoms. The van der Waals surface area contributed by atoms with Gasteiger partial charge in [0.2, 0.25) is 0 Å². The number of carbonyl (C=O) groups is 1. The van der Waals surface area contributed by atoms with Gasteiger partial charge in [-0.25, -0.2) is 4.79 Å². The third kappa shape index (κ3) is 3.44. The maximum Gasteiger partial charge on any atom is 0.319 e. The number of carbonyl (C=O) groups excluding carboxylic acids is 1. The molecule has 0 saturated carbocycles. The predicted molar refractivity (Wildman–Crippen MR) is 81.4 cm³/mol. The van der Waals surface area contributed by atoms with Crippen LogP contribution in [0.25, 0.3) is 10.9 Å². The average Bonchev–Trinajstić information content (AvgIpc) is 2.43. The van der Waals surface area contributed by atoms with Gasteiger partial charge in [0.1, 0.15) is 0 Å². The first kappa shape index (κ1) is 13.8. The van der Waals surface area contributed by atoms with Gasteiger partial charge in [-0.3, -0.25) is 4.98 Å². The van der Waals surface area contributed by atoms with Crippen LogP contribution in [0.1, 0.15) is 19.8 Å². The van der Waals surface area contributed by atoms with Crippen molar-refractivity contribution in [3.05, 3.63) is 34.9 Å². The molecule has 0 radical (unpaired) electrons. The minimum atomic E-state index is -0.192. The summed E-state index contributed by atoms with van der Waals surface area (Å²) in [5.74, 6) is 0. The molecular weight excluding hydrogens is 306 g/mol. The SMILES string of the molecule is CCCCNC(=O)Nc1ccc(Br)c2cccnc12. The number of pyridine rings is 1. The molecule has 1 aromatic heterocycles. The molecule has 1 heterocycles. The Labute approximate surface area is 120 Å². The van der Waals surface area contributed by atoms with Crippen LogP contribution in [0.5, 0.6) is 0 Å². The summed E-state index contributed by atoms with van der Waals surface area (Å²) in [6.07, 6.45) is 3.75. The lowest BCUT2D eigenvalue weighted by Gasteiger charge is -2.10.